The van der Waals surface area contributed by atoms with Crippen molar-refractivity contribution in [3.05, 3.63) is 22.8 Å². The topological polar surface area (TPSA) is 28.2 Å². The molecule has 0 atom stereocenters. The van der Waals surface area contributed by atoms with E-state index in [2.05, 4.69) is 10.3 Å². The number of alkyl halides is 3. The molecule has 0 aromatic carbocycles. The Hall–Kier alpha value is -1.01. The molecule has 1 aliphatic carbocycles. The summed E-state index contributed by atoms with van der Waals surface area (Å²) < 4.78 is 37.4. The van der Waals surface area contributed by atoms with Crippen LogP contribution < -0.4 is 10.2 Å². The van der Waals surface area contributed by atoms with E-state index in [1.807, 2.05) is 0 Å². The minimum Gasteiger partial charge on any atom is -0.357 e. The first-order valence-electron chi connectivity index (χ1n) is 6.05. The Morgan fingerprint density at radius 1 is 1.47 bits per heavy atom. The van der Waals surface area contributed by atoms with Gasteiger partial charge in [0.15, 0.2) is 0 Å². The maximum absolute atomic E-state index is 12.5. The lowest BCUT2D eigenvalue weighted by molar-refractivity contribution is -0.137. The molecule has 7 heteroatoms. The zero-order valence-corrected chi connectivity index (χ0v) is 11.2. The average Bonchev–Trinajstić information content (AvgIpc) is 3.11. The fraction of sp³-hybridized carbons (Fsp3) is 0.583. The lowest BCUT2D eigenvalue weighted by Gasteiger charge is -2.20. The molecule has 0 unspecified atom stereocenters. The Kier molecular flexibility index (Phi) is 4.20. The van der Waals surface area contributed by atoms with Crippen molar-refractivity contribution in [2.24, 2.45) is 0 Å². The smallest absolute Gasteiger partial charge is 0.357 e. The van der Waals surface area contributed by atoms with E-state index in [0.717, 1.165) is 18.8 Å². The highest BCUT2D eigenvalue weighted by Gasteiger charge is 2.31. The van der Waals surface area contributed by atoms with Crippen LogP contribution in [0.2, 0.25) is 5.02 Å². The Morgan fingerprint density at radius 2 is 2.16 bits per heavy atom. The van der Waals surface area contributed by atoms with Crippen LogP contribution in [-0.2, 0) is 6.18 Å². The first kappa shape index (κ1) is 14.4. The summed E-state index contributed by atoms with van der Waals surface area (Å²) in [4.78, 5) is 5.55. The summed E-state index contributed by atoms with van der Waals surface area (Å²) in [5.41, 5.74) is -0.828. The molecule has 19 heavy (non-hydrogen) atoms. The largest absolute Gasteiger partial charge is 0.417 e. The van der Waals surface area contributed by atoms with Crippen molar-refractivity contribution in [2.45, 2.75) is 25.1 Å². The number of hydrogen-bond acceptors (Lipinski definition) is 3. The number of halogens is 4. The van der Waals surface area contributed by atoms with Gasteiger partial charge in [-0.1, -0.05) is 11.6 Å². The van der Waals surface area contributed by atoms with Crippen molar-refractivity contribution in [3.8, 4) is 0 Å². The molecule has 0 radical (unpaired) electrons. The second kappa shape index (κ2) is 5.54. The van der Waals surface area contributed by atoms with Gasteiger partial charge in [-0.25, -0.2) is 4.98 Å². The predicted octanol–water partition coefficient (Wildman–Crippen LogP) is 2.94. The van der Waals surface area contributed by atoms with Crippen molar-refractivity contribution in [1.82, 2.24) is 10.3 Å². The molecule has 1 aromatic heterocycles. The van der Waals surface area contributed by atoms with Crippen LogP contribution in [0.15, 0.2) is 12.3 Å². The Labute approximate surface area is 114 Å². The van der Waals surface area contributed by atoms with Gasteiger partial charge in [-0.05, 0) is 18.9 Å². The summed E-state index contributed by atoms with van der Waals surface area (Å²) >= 11 is 5.86. The van der Waals surface area contributed by atoms with E-state index in [4.69, 9.17) is 11.6 Å². The highest BCUT2D eigenvalue weighted by molar-refractivity contribution is 6.33. The normalized spacial score (nSPS) is 15.6. The summed E-state index contributed by atoms with van der Waals surface area (Å²) in [7, 11) is 1.76. The number of rotatable bonds is 5. The van der Waals surface area contributed by atoms with Crippen LogP contribution in [0.5, 0.6) is 0 Å². The number of hydrogen-bond donors (Lipinski definition) is 1. The number of aromatic nitrogens is 1. The molecule has 0 bridgehead atoms. The first-order valence-corrected chi connectivity index (χ1v) is 6.43. The minimum absolute atomic E-state index is 0.0174. The lowest BCUT2D eigenvalue weighted by Crippen LogP contribution is -2.31. The summed E-state index contributed by atoms with van der Waals surface area (Å²) in [6.07, 6.45) is -1.21. The molecule has 1 fully saturated rings. The SMILES string of the molecule is CN(CCNC1CC1)c1ncc(C(F)(F)F)cc1Cl. The number of nitrogens with one attached hydrogen (secondary N) is 1. The van der Waals surface area contributed by atoms with Crippen molar-refractivity contribution < 1.29 is 13.2 Å². The maximum Gasteiger partial charge on any atom is 0.417 e. The standard InChI is InChI=1S/C12H15ClF3N3/c1-19(5-4-17-9-2-3-9)11-10(13)6-8(7-18-11)12(14,15)16/h6-7,9,17H,2-5H2,1H3. The third kappa shape index (κ3) is 3.98. The summed E-state index contributed by atoms with van der Waals surface area (Å²) in [6, 6.07) is 1.51. The number of likely N-dealkylation sites (N-methyl/N-ethyl adjacent to an activating group) is 1. The molecule has 0 spiro atoms. The molecule has 106 valence electrons. The van der Waals surface area contributed by atoms with E-state index < -0.39 is 11.7 Å². The minimum atomic E-state index is -4.42. The van der Waals surface area contributed by atoms with Gasteiger partial charge in [0.05, 0.1) is 10.6 Å². The van der Waals surface area contributed by atoms with Crippen LogP contribution in [0, 0.1) is 0 Å². The van der Waals surface area contributed by atoms with E-state index in [-0.39, 0.29) is 5.02 Å². The average molecular weight is 294 g/mol. The molecule has 1 saturated carbocycles. The van der Waals surface area contributed by atoms with Crippen LogP contribution in [0.3, 0.4) is 0 Å². The van der Waals surface area contributed by atoms with Gasteiger partial charge in [0, 0.05) is 32.4 Å². The Bertz CT molecular complexity index is 446. The van der Waals surface area contributed by atoms with Gasteiger partial charge < -0.3 is 10.2 Å². The molecule has 0 amide bonds. The number of anilines is 1. The van der Waals surface area contributed by atoms with Crippen molar-refractivity contribution >= 4 is 17.4 Å². The lowest BCUT2D eigenvalue weighted by atomic mass is 10.2. The van der Waals surface area contributed by atoms with Crippen LogP contribution in [0.1, 0.15) is 18.4 Å². The molecule has 0 aliphatic heterocycles. The zero-order valence-electron chi connectivity index (χ0n) is 10.5. The quantitative estimate of drug-likeness (QED) is 0.905. The second-order valence-corrected chi connectivity index (χ2v) is 5.08. The molecule has 1 heterocycles. The van der Waals surface area contributed by atoms with Gasteiger partial charge in [-0.2, -0.15) is 13.2 Å². The molecular formula is C12H15ClF3N3. The first-order chi connectivity index (χ1) is 8.88. The Morgan fingerprint density at radius 3 is 2.68 bits per heavy atom. The molecule has 1 N–H and O–H groups in total. The van der Waals surface area contributed by atoms with Crippen LogP contribution >= 0.6 is 11.6 Å². The van der Waals surface area contributed by atoms with E-state index in [9.17, 15) is 13.2 Å². The van der Waals surface area contributed by atoms with Gasteiger partial charge in [-0.3, -0.25) is 0 Å². The van der Waals surface area contributed by atoms with Gasteiger partial charge >= 0.3 is 6.18 Å². The summed E-state index contributed by atoms with van der Waals surface area (Å²) in [6.45, 7) is 1.41. The third-order valence-corrected chi connectivity index (χ3v) is 3.25. The summed E-state index contributed by atoms with van der Waals surface area (Å²) in [5.74, 6) is 0.368. The van der Waals surface area contributed by atoms with Gasteiger partial charge in [0.25, 0.3) is 0 Å². The van der Waals surface area contributed by atoms with Gasteiger partial charge in [-0.15, -0.1) is 0 Å². The number of nitrogens with zero attached hydrogens (tertiary/aromatic N) is 2. The van der Waals surface area contributed by atoms with Crippen LogP contribution in [0.4, 0.5) is 19.0 Å². The zero-order chi connectivity index (χ0) is 14.0. The summed E-state index contributed by atoms with van der Waals surface area (Å²) in [5, 5.41) is 3.34. The molecule has 1 aliphatic rings. The van der Waals surface area contributed by atoms with Gasteiger partial charge in [0.1, 0.15) is 5.82 Å². The van der Waals surface area contributed by atoms with E-state index >= 15 is 0 Å². The van der Waals surface area contributed by atoms with Crippen molar-refractivity contribution in [2.75, 3.05) is 25.0 Å². The maximum atomic E-state index is 12.5. The Balaban J connectivity index is 1.98. The predicted molar refractivity (Wildman–Crippen MR) is 68.5 cm³/mol. The van der Waals surface area contributed by atoms with Crippen molar-refractivity contribution in [1.29, 1.82) is 0 Å². The highest BCUT2D eigenvalue weighted by Crippen LogP contribution is 2.33. The van der Waals surface area contributed by atoms with Crippen molar-refractivity contribution in [3.63, 3.8) is 0 Å². The second-order valence-electron chi connectivity index (χ2n) is 4.68. The highest BCUT2D eigenvalue weighted by atomic mass is 35.5. The van der Waals surface area contributed by atoms with Gasteiger partial charge in [0.2, 0.25) is 0 Å². The monoisotopic (exact) mass is 293 g/mol. The fourth-order valence-corrected chi connectivity index (χ4v) is 2.01. The molecule has 2 rings (SSSR count). The van der Waals surface area contributed by atoms with E-state index in [1.54, 1.807) is 11.9 Å². The number of pyridine rings is 1. The molecule has 1 aromatic rings. The fourth-order valence-electron chi connectivity index (χ4n) is 1.70. The van der Waals surface area contributed by atoms with Crippen LogP contribution in [-0.4, -0.2) is 31.2 Å². The van der Waals surface area contributed by atoms with E-state index in [1.165, 1.54) is 12.8 Å². The molecule has 0 saturated heterocycles. The van der Waals surface area contributed by atoms with E-state index in [0.29, 0.717) is 18.4 Å². The molecular weight excluding hydrogens is 279 g/mol. The molecule has 3 nitrogen and oxygen atoms in total. The third-order valence-electron chi connectivity index (χ3n) is 2.97. The van der Waals surface area contributed by atoms with Crippen LogP contribution in [0.25, 0.3) is 0 Å².